The van der Waals surface area contributed by atoms with Crippen LogP contribution in [-0.4, -0.2) is 29.3 Å². The summed E-state index contributed by atoms with van der Waals surface area (Å²) in [6.45, 7) is 3.74. The van der Waals surface area contributed by atoms with Crippen LogP contribution in [0, 0.1) is 0 Å². The number of hydrogen-bond acceptors (Lipinski definition) is 6. The van der Waals surface area contributed by atoms with Crippen LogP contribution in [0.3, 0.4) is 0 Å². The van der Waals surface area contributed by atoms with Crippen LogP contribution in [0.5, 0.6) is 5.75 Å². The predicted octanol–water partition coefficient (Wildman–Crippen LogP) is 4.51. The van der Waals surface area contributed by atoms with Gasteiger partial charge in [-0.2, -0.15) is 0 Å². The number of rotatable bonds is 6. The normalized spacial score (nSPS) is 12.8. The third-order valence-corrected chi connectivity index (χ3v) is 5.57. The maximum atomic E-state index is 12.7. The molecule has 27 heavy (non-hydrogen) atoms. The minimum atomic E-state index is -1.14. The van der Waals surface area contributed by atoms with Crippen molar-refractivity contribution in [3.8, 4) is 5.75 Å². The molecular weight excluding hydrogens is 454 g/mol. The highest BCUT2D eigenvalue weighted by Gasteiger charge is 2.30. The molecule has 0 aliphatic rings. The smallest absolute Gasteiger partial charge is 0.290 e. The molecule has 6 nitrogen and oxygen atoms in total. The van der Waals surface area contributed by atoms with E-state index < -0.39 is 17.7 Å². The van der Waals surface area contributed by atoms with Gasteiger partial charge in [-0.25, -0.2) is 4.98 Å². The van der Waals surface area contributed by atoms with Crippen molar-refractivity contribution in [1.29, 1.82) is 0 Å². The molecule has 0 bridgehead atoms. The van der Waals surface area contributed by atoms with E-state index in [9.17, 15) is 4.79 Å². The van der Waals surface area contributed by atoms with Crippen LogP contribution in [0.15, 0.2) is 40.4 Å². The van der Waals surface area contributed by atoms with Gasteiger partial charge in [0, 0.05) is 40.8 Å². The minimum Gasteiger partial charge on any atom is -0.455 e. The number of thiazole rings is 1. The van der Waals surface area contributed by atoms with Crippen molar-refractivity contribution in [2.24, 2.45) is 0 Å². The second-order valence-corrected chi connectivity index (χ2v) is 8.48. The van der Waals surface area contributed by atoms with Gasteiger partial charge in [0.1, 0.15) is 10.8 Å². The average Bonchev–Trinajstić information content (AvgIpc) is 3.14. The fourth-order valence-electron chi connectivity index (χ4n) is 2.51. The van der Waals surface area contributed by atoms with Gasteiger partial charge >= 0.3 is 0 Å². The first-order valence-corrected chi connectivity index (χ1v) is 10.0. The summed E-state index contributed by atoms with van der Waals surface area (Å²) >= 11 is 11.1. The van der Waals surface area contributed by atoms with Gasteiger partial charge in [0.05, 0.1) is 16.1 Å². The molecule has 1 N–H and O–H groups in total. The van der Waals surface area contributed by atoms with Crippen molar-refractivity contribution in [2.45, 2.75) is 25.7 Å². The summed E-state index contributed by atoms with van der Waals surface area (Å²) in [7, 11) is 1.40. The molecule has 1 atom stereocenters. The Morgan fingerprint density at radius 1 is 1.33 bits per heavy atom. The lowest BCUT2D eigenvalue weighted by Gasteiger charge is -2.26. The SMILES string of the molecule is COC(Oc1cc(Cl)c2ncc(Br)cc2c1)C(=O)NC(C)(C)c1nccs1. The number of ether oxygens (including phenoxy) is 2. The first kappa shape index (κ1) is 20.0. The first-order chi connectivity index (χ1) is 12.8. The maximum absolute atomic E-state index is 12.7. The Labute approximate surface area is 174 Å². The van der Waals surface area contributed by atoms with Crippen LogP contribution < -0.4 is 10.1 Å². The number of carbonyl (C=O) groups excluding carboxylic acids is 1. The zero-order chi connectivity index (χ0) is 19.6. The monoisotopic (exact) mass is 469 g/mol. The lowest BCUT2D eigenvalue weighted by atomic mass is 10.1. The molecule has 3 rings (SSSR count). The van der Waals surface area contributed by atoms with E-state index in [-0.39, 0.29) is 0 Å². The highest BCUT2D eigenvalue weighted by Crippen LogP contribution is 2.30. The number of aromatic nitrogens is 2. The van der Waals surface area contributed by atoms with Crippen LogP contribution in [-0.2, 0) is 15.1 Å². The van der Waals surface area contributed by atoms with Crippen LogP contribution in [0.1, 0.15) is 18.9 Å². The summed E-state index contributed by atoms with van der Waals surface area (Å²) in [6, 6.07) is 5.23. The minimum absolute atomic E-state index is 0.404. The molecule has 2 heterocycles. The molecule has 9 heteroatoms. The Bertz CT molecular complexity index is 966. The Balaban J connectivity index is 1.80. The molecule has 3 aromatic rings. The molecule has 0 fully saturated rings. The van der Waals surface area contributed by atoms with E-state index in [4.69, 9.17) is 21.1 Å². The van der Waals surface area contributed by atoms with Gasteiger partial charge in [-0.05, 0) is 41.9 Å². The molecule has 0 spiro atoms. The largest absolute Gasteiger partial charge is 0.455 e. The maximum Gasteiger partial charge on any atom is 0.290 e. The molecule has 0 aliphatic heterocycles. The molecule has 0 aliphatic carbocycles. The van der Waals surface area contributed by atoms with Gasteiger partial charge in [-0.1, -0.05) is 11.6 Å². The Kier molecular flexibility index (Phi) is 6.00. The number of pyridine rings is 1. The third-order valence-electron chi connectivity index (χ3n) is 3.75. The van der Waals surface area contributed by atoms with E-state index >= 15 is 0 Å². The standard InChI is InChI=1S/C18H17BrClN3O3S/c1-18(2,17-21-4-5-27-17)23-15(24)16(25-3)26-12-7-10-6-11(19)9-22-14(10)13(20)8-12/h4-9,16H,1-3H3,(H,23,24). The molecule has 2 aromatic heterocycles. The van der Waals surface area contributed by atoms with E-state index in [0.29, 0.717) is 16.3 Å². The third kappa shape index (κ3) is 4.57. The number of fused-ring (bicyclic) bond motifs is 1. The zero-order valence-corrected chi connectivity index (χ0v) is 18.0. The molecule has 1 unspecified atom stereocenters. The van der Waals surface area contributed by atoms with E-state index in [1.807, 2.05) is 25.3 Å². The molecule has 1 amide bonds. The van der Waals surface area contributed by atoms with Crippen molar-refractivity contribution in [1.82, 2.24) is 15.3 Å². The quantitative estimate of drug-likeness (QED) is 0.537. The number of hydrogen-bond donors (Lipinski definition) is 1. The van der Waals surface area contributed by atoms with E-state index in [0.717, 1.165) is 14.9 Å². The average molecular weight is 471 g/mol. The number of carbonyl (C=O) groups is 1. The van der Waals surface area contributed by atoms with Crippen molar-refractivity contribution >= 4 is 55.7 Å². The van der Waals surface area contributed by atoms with E-state index in [1.165, 1.54) is 18.4 Å². The van der Waals surface area contributed by atoms with Crippen molar-refractivity contribution in [3.05, 3.63) is 50.5 Å². The Morgan fingerprint density at radius 3 is 2.78 bits per heavy atom. The van der Waals surface area contributed by atoms with Crippen molar-refractivity contribution in [3.63, 3.8) is 0 Å². The molecule has 0 radical (unpaired) electrons. The van der Waals surface area contributed by atoms with E-state index in [1.54, 1.807) is 24.5 Å². The molecule has 0 saturated heterocycles. The van der Waals surface area contributed by atoms with Crippen molar-refractivity contribution < 1.29 is 14.3 Å². The summed E-state index contributed by atoms with van der Waals surface area (Å²) in [5.41, 5.74) is -0.00294. The number of halogens is 2. The highest BCUT2D eigenvalue weighted by atomic mass is 79.9. The summed E-state index contributed by atoms with van der Waals surface area (Å²) in [4.78, 5) is 21.2. The fraction of sp³-hybridized carbons (Fsp3) is 0.278. The van der Waals surface area contributed by atoms with Crippen molar-refractivity contribution in [2.75, 3.05) is 7.11 Å². The highest BCUT2D eigenvalue weighted by molar-refractivity contribution is 9.10. The predicted molar refractivity (Wildman–Crippen MR) is 109 cm³/mol. The number of amides is 1. The van der Waals surface area contributed by atoms with Gasteiger partial charge in [0.25, 0.3) is 12.2 Å². The van der Waals surface area contributed by atoms with E-state index in [2.05, 4.69) is 31.2 Å². The van der Waals surface area contributed by atoms with Crippen LogP contribution in [0.25, 0.3) is 10.9 Å². The number of methoxy groups -OCH3 is 1. The number of nitrogens with one attached hydrogen (secondary N) is 1. The lowest BCUT2D eigenvalue weighted by Crippen LogP contribution is -2.48. The Morgan fingerprint density at radius 2 is 2.11 bits per heavy atom. The molecule has 142 valence electrons. The number of benzene rings is 1. The van der Waals surface area contributed by atoms with Crippen LogP contribution in [0.2, 0.25) is 5.02 Å². The van der Waals surface area contributed by atoms with Gasteiger partial charge in [-0.15, -0.1) is 11.3 Å². The van der Waals surface area contributed by atoms with Gasteiger partial charge < -0.3 is 14.8 Å². The summed E-state index contributed by atoms with van der Waals surface area (Å²) in [5.74, 6) is -0.0114. The van der Waals surface area contributed by atoms with Gasteiger partial charge in [0.2, 0.25) is 0 Å². The first-order valence-electron chi connectivity index (χ1n) is 7.96. The molecule has 0 saturated carbocycles. The van der Waals surface area contributed by atoms with Crippen LogP contribution in [0.4, 0.5) is 0 Å². The van der Waals surface area contributed by atoms with Gasteiger partial charge in [-0.3, -0.25) is 9.78 Å². The van der Waals surface area contributed by atoms with Crippen LogP contribution >= 0.6 is 38.9 Å². The summed E-state index contributed by atoms with van der Waals surface area (Å²) in [6.07, 6.45) is 2.22. The number of nitrogens with zero attached hydrogens (tertiary/aromatic N) is 2. The Hall–Kier alpha value is -1.74. The second-order valence-electron chi connectivity index (χ2n) is 6.27. The fourth-order valence-corrected chi connectivity index (χ4v) is 3.84. The topological polar surface area (TPSA) is 73.3 Å². The summed E-state index contributed by atoms with van der Waals surface area (Å²) < 4.78 is 11.8. The molecular formula is C18H17BrClN3O3S. The summed E-state index contributed by atoms with van der Waals surface area (Å²) in [5, 5.41) is 6.75. The molecule has 1 aromatic carbocycles. The second kappa shape index (κ2) is 8.10. The zero-order valence-electron chi connectivity index (χ0n) is 14.8. The van der Waals surface area contributed by atoms with Gasteiger partial charge in [0.15, 0.2) is 0 Å². The lowest BCUT2D eigenvalue weighted by molar-refractivity contribution is -0.150.